The highest BCUT2D eigenvalue weighted by Crippen LogP contribution is 2.41. The summed E-state index contributed by atoms with van der Waals surface area (Å²) in [6.45, 7) is 4.37. The molecule has 132 valence electrons. The number of hydrogen-bond acceptors (Lipinski definition) is 2. The smallest absolute Gasteiger partial charge is 0.165 e. The molecule has 1 aliphatic carbocycles. The molecule has 3 nitrogen and oxygen atoms in total. The van der Waals surface area contributed by atoms with Crippen LogP contribution in [0.1, 0.15) is 47.4 Å². The number of carbonyl (C=O) groups is 1. The molecule has 26 heavy (non-hydrogen) atoms. The Bertz CT molecular complexity index is 953. The minimum absolute atomic E-state index is 0.00965. The maximum Gasteiger partial charge on any atom is 0.165 e. The molecule has 0 saturated heterocycles. The first-order chi connectivity index (χ1) is 12.5. The van der Waals surface area contributed by atoms with Crippen molar-refractivity contribution < 1.29 is 4.79 Å². The zero-order valence-corrected chi connectivity index (χ0v) is 15.6. The van der Waals surface area contributed by atoms with Gasteiger partial charge < -0.3 is 4.57 Å². The fraction of sp³-hybridized carbons (Fsp3) is 0.304. The molecule has 0 aliphatic heterocycles. The van der Waals surface area contributed by atoms with Crippen molar-refractivity contribution in [1.82, 2.24) is 9.55 Å². The second kappa shape index (κ2) is 6.24. The summed E-state index contributed by atoms with van der Waals surface area (Å²) < 4.78 is 2.24. The Kier molecular flexibility index (Phi) is 4.03. The van der Waals surface area contributed by atoms with Crippen LogP contribution in [0.4, 0.5) is 0 Å². The largest absolute Gasteiger partial charge is 0.347 e. The summed E-state index contributed by atoms with van der Waals surface area (Å²) in [5.41, 5.74) is 6.77. The van der Waals surface area contributed by atoms with Gasteiger partial charge in [0.05, 0.1) is 5.69 Å². The number of hydrogen-bond donors (Lipinski definition) is 0. The standard InChI is InChI=1S/C23H24N2O/c1-23(2)14-19-21(20(26)15-23)18(13-16-7-5-4-6-8-16)22(25(19)3)17-9-11-24-12-10-17/h4-12H,13-15H2,1-3H3. The lowest BCUT2D eigenvalue weighted by atomic mass is 9.75. The third-order valence-corrected chi connectivity index (χ3v) is 5.36. The van der Waals surface area contributed by atoms with Crippen molar-refractivity contribution >= 4 is 5.78 Å². The predicted octanol–water partition coefficient (Wildman–Crippen LogP) is 4.83. The highest BCUT2D eigenvalue weighted by atomic mass is 16.1. The van der Waals surface area contributed by atoms with Gasteiger partial charge in [-0.2, -0.15) is 0 Å². The summed E-state index contributed by atoms with van der Waals surface area (Å²) in [6.07, 6.45) is 5.95. The van der Waals surface area contributed by atoms with Gasteiger partial charge in [-0.25, -0.2) is 0 Å². The highest BCUT2D eigenvalue weighted by molar-refractivity contribution is 6.02. The van der Waals surface area contributed by atoms with Gasteiger partial charge in [0.1, 0.15) is 0 Å². The summed E-state index contributed by atoms with van der Waals surface area (Å²) >= 11 is 0. The van der Waals surface area contributed by atoms with Crippen LogP contribution in [-0.4, -0.2) is 15.3 Å². The number of aromatic nitrogens is 2. The number of fused-ring (bicyclic) bond motifs is 1. The third kappa shape index (κ3) is 2.88. The Morgan fingerprint density at radius 1 is 1.04 bits per heavy atom. The van der Waals surface area contributed by atoms with E-state index in [0.29, 0.717) is 6.42 Å². The second-order valence-corrected chi connectivity index (χ2v) is 8.05. The lowest BCUT2D eigenvalue weighted by molar-refractivity contribution is 0.0909. The molecule has 0 spiro atoms. The number of Topliss-reactive ketones (excluding diaryl/α,β-unsaturated/α-hetero) is 1. The van der Waals surface area contributed by atoms with Gasteiger partial charge in [0, 0.05) is 49.1 Å². The van der Waals surface area contributed by atoms with Crippen LogP contribution >= 0.6 is 0 Å². The van der Waals surface area contributed by atoms with E-state index in [1.54, 1.807) is 0 Å². The van der Waals surface area contributed by atoms with Crippen molar-refractivity contribution in [3.63, 3.8) is 0 Å². The van der Waals surface area contributed by atoms with E-state index >= 15 is 0 Å². The molecular weight excluding hydrogens is 320 g/mol. The number of pyridine rings is 1. The van der Waals surface area contributed by atoms with Gasteiger partial charge in [0.15, 0.2) is 5.78 Å². The quantitative estimate of drug-likeness (QED) is 0.682. The summed E-state index contributed by atoms with van der Waals surface area (Å²) in [7, 11) is 2.10. The van der Waals surface area contributed by atoms with E-state index in [0.717, 1.165) is 35.2 Å². The van der Waals surface area contributed by atoms with Gasteiger partial charge in [0.2, 0.25) is 0 Å². The van der Waals surface area contributed by atoms with Gasteiger partial charge in [-0.1, -0.05) is 44.2 Å². The molecule has 0 N–H and O–H groups in total. The molecule has 3 heteroatoms. The molecular formula is C23H24N2O. The number of nitrogens with zero attached hydrogens (tertiary/aromatic N) is 2. The summed E-state index contributed by atoms with van der Waals surface area (Å²) in [6, 6.07) is 14.5. The SMILES string of the molecule is Cn1c2c(c(Cc3ccccc3)c1-c1ccncc1)C(=O)CC(C)(C)C2. The maximum absolute atomic E-state index is 13.1. The van der Waals surface area contributed by atoms with Crippen LogP contribution in [0.5, 0.6) is 0 Å². The monoisotopic (exact) mass is 344 g/mol. The van der Waals surface area contributed by atoms with Crippen molar-refractivity contribution in [2.45, 2.75) is 33.1 Å². The van der Waals surface area contributed by atoms with Crippen molar-refractivity contribution in [2.24, 2.45) is 12.5 Å². The van der Waals surface area contributed by atoms with Gasteiger partial charge in [-0.05, 0) is 35.1 Å². The van der Waals surface area contributed by atoms with E-state index in [-0.39, 0.29) is 11.2 Å². The van der Waals surface area contributed by atoms with Gasteiger partial charge in [0.25, 0.3) is 0 Å². The topological polar surface area (TPSA) is 34.9 Å². The summed E-state index contributed by atoms with van der Waals surface area (Å²) in [5.74, 6) is 0.276. The van der Waals surface area contributed by atoms with E-state index in [2.05, 4.69) is 54.7 Å². The molecule has 0 unspecified atom stereocenters. The predicted molar refractivity (Wildman–Crippen MR) is 104 cm³/mol. The Labute approximate surface area is 154 Å². The molecule has 2 heterocycles. The summed E-state index contributed by atoms with van der Waals surface area (Å²) in [5, 5.41) is 0. The molecule has 0 fully saturated rings. The molecule has 2 aromatic heterocycles. The van der Waals surface area contributed by atoms with Crippen molar-refractivity contribution in [1.29, 1.82) is 0 Å². The van der Waals surface area contributed by atoms with Crippen LogP contribution in [-0.2, 0) is 19.9 Å². The second-order valence-electron chi connectivity index (χ2n) is 8.05. The van der Waals surface area contributed by atoms with Crippen LogP contribution in [0.3, 0.4) is 0 Å². The van der Waals surface area contributed by atoms with Crippen LogP contribution in [0, 0.1) is 5.41 Å². The van der Waals surface area contributed by atoms with E-state index in [1.165, 1.54) is 11.3 Å². The zero-order valence-electron chi connectivity index (χ0n) is 15.6. The van der Waals surface area contributed by atoms with E-state index in [9.17, 15) is 4.79 Å². The molecule has 0 atom stereocenters. The third-order valence-electron chi connectivity index (χ3n) is 5.36. The number of benzene rings is 1. The van der Waals surface area contributed by atoms with Crippen molar-refractivity contribution in [2.75, 3.05) is 0 Å². The number of ketones is 1. The van der Waals surface area contributed by atoms with E-state index < -0.39 is 0 Å². The Morgan fingerprint density at radius 3 is 2.42 bits per heavy atom. The van der Waals surface area contributed by atoms with E-state index in [1.807, 2.05) is 30.6 Å². The molecule has 0 radical (unpaired) electrons. The maximum atomic E-state index is 13.1. The van der Waals surface area contributed by atoms with Gasteiger partial charge >= 0.3 is 0 Å². The van der Waals surface area contributed by atoms with Crippen molar-refractivity contribution in [3.8, 4) is 11.3 Å². The minimum Gasteiger partial charge on any atom is -0.347 e. The number of carbonyl (C=O) groups excluding carboxylic acids is 1. The lowest BCUT2D eigenvalue weighted by Crippen LogP contribution is -2.28. The normalized spacial score (nSPS) is 15.7. The van der Waals surface area contributed by atoms with E-state index in [4.69, 9.17) is 0 Å². The summed E-state index contributed by atoms with van der Waals surface area (Å²) in [4.78, 5) is 17.2. The van der Waals surface area contributed by atoms with Crippen LogP contribution < -0.4 is 0 Å². The molecule has 0 saturated carbocycles. The lowest BCUT2D eigenvalue weighted by Gasteiger charge is -2.29. The fourth-order valence-electron chi connectivity index (χ4n) is 4.22. The van der Waals surface area contributed by atoms with Crippen molar-refractivity contribution in [3.05, 3.63) is 77.2 Å². The molecule has 1 aromatic carbocycles. The Hall–Kier alpha value is -2.68. The Balaban J connectivity index is 1.95. The molecule has 1 aliphatic rings. The molecule has 4 rings (SSSR count). The first-order valence-corrected chi connectivity index (χ1v) is 9.14. The fourth-order valence-corrected chi connectivity index (χ4v) is 4.22. The van der Waals surface area contributed by atoms with Crippen LogP contribution in [0.2, 0.25) is 0 Å². The average molecular weight is 344 g/mol. The van der Waals surface area contributed by atoms with Gasteiger partial charge in [-0.3, -0.25) is 9.78 Å². The highest BCUT2D eigenvalue weighted by Gasteiger charge is 2.36. The molecule has 0 bridgehead atoms. The minimum atomic E-state index is 0.00965. The van der Waals surface area contributed by atoms with Gasteiger partial charge in [-0.15, -0.1) is 0 Å². The Morgan fingerprint density at radius 2 is 1.73 bits per heavy atom. The van der Waals surface area contributed by atoms with Crippen LogP contribution in [0.15, 0.2) is 54.9 Å². The molecule has 3 aromatic rings. The first-order valence-electron chi connectivity index (χ1n) is 9.14. The zero-order chi connectivity index (χ0) is 18.3. The van der Waals surface area contributed by atoms with Crippen LogP contribution in [0.25, 0.3) is 11.3 Å². The average Bonchev–Trinajstić information content (AvgIpc) is 2.87. The number of rotatable bonds is 3. The molecule has 0 amide bonds. The first kappa shape index (κ1) is 16.8.